The van der Waals surface area contributed by atoms with Crippen LogP contribution in [-0.4, -0.2) is 5.91 Å². The normalized spacial score (nSPS) is 10.7. The van der Waals surface area contributed by atoms with E-state index < -0.39 is 0 Å². The molecule has 3 rings (SSSR count). The fraction of sp³-hybridized carbons (Fsp3) is 0.0455. The van der Waals surface area contributed by atoms with Gasteiger partial charge in [-0.1, -0.05) is 46.3 Å². The van der Waals surface area contributed by atoms with Crippen LogP contribution in [0, 0.1) is 6.92 Å². The maximum absolute atomic E-state index is 12.1. The molecule has 0 heterocycles. The fourth-order valence-corrected chi connectivity index (χ4v) is 2.63. The minimum absolute atomic E-state index is 0.180. The van der Waals surface area contributed by atoms with Crippen molar-refractivity contribution in [1.29, 1.82) is 0 Å². The van der Waals surface area contributed by atoms with Gasteiger partial charge in [0, 0.05) is 16.2 Å². The van der Waals surface area contributed by atoms with Crippen molar-refractivity contribution < 1.29 is 9.53 Å². The first-order valence-corrected chi connectivity index (χ1v) is 8.98. The van der Waals surface area contributed by atoms with Gasteiger partial charge in [-0.3, -0.25) is 4.79 Å². The van der Waals surface area contributed by atoms with Gasteiger partial charge in [-0.05, 0) is 66.6 Å². The van der Waals surface area contributed by atoms with E-state index in [-0.39, 0.29) is 5.91 Å². The number of rotatable bonds is 5. The van der Waals surface area contributed by atoms with Crippen molar-refractivity contribution in [3.63, 3.8) is 0 Å². The Morgan fingerprint density at radius 2 is 1.73 bits per heavy atom. The number of hydrogen-bond donors (Lipinski definition) is 1. The van der Waals surface area contributed by atoms with Gasteiger partial charge in [0.05, 0.1) is 0 Å². The second kappa shape index (κ2) is 8.50. The molecule has 0 atom stereocenters. The van der Waals surface area contributed by atoms with Gasteiger partial charge < -0.3 is 10.1 Å². The molecule has 0 fully saturated rings. The Balaban J connectivity index is 1.65. The number of aryl methyl sites for hydroxylation is 1. The highest BCUT2D eigenvalue weighted by Crippen LogP contribution is 2.22. The standard InChI is InChI=1S/C22H18BrNO2/c1-16-14-18(11-12-21(16)23)24-22(25)13-10-17-6-5-9-20(15-17)26-19-7-3-2-4-8-19/h2-15H,1H3,(H,24,25). The lowest BCUT2D eigenvalue weighted by molar-refractivity contribution is -0.111. The molecule has 3 aromatic carbocycles. The van der Waals surface area contributed by atoms with Gasteiger partial charge in [0.15, 0.2) is 0 Å². The van der Waals surface area contributed by atoms with E-state index >= 15 is 0 Å². The zero-order chi connectivity index (χ0) is 18.4. The van der Waals surface area contributed by atoms with E-state index in [0.29, 0.717) is 0 Å². The van der Waals surface area contributed by atoms with E-state index in [0.717, 1.165) is 32.8 Å². The third-order valence-electron chi connectivity index (χ3n) is 3.69. The number of anilines is 1. The Hall–Kier alpha value is -2.85. The van der Waals surface area contributed by atoms with Crippen LogP contribution in [0.15, 0.2) is 83.3 Å². The number of ether oxygens (including phenoxy) is 1. The zero-order valence-electron chi connectivity index (χ0n) is 14.3. The van der Waals surface area contributed by atoms with E-state index in [9.17, 15) is 4.79 Å². The highest BCUT2D eigenvalue weighted by atomic mass is 79.9. The van der Waals surface area contributed by atoms with Crippen LogP contribution in [0.2, 0.25) is 0 Å². The average Bonchev–Trinajstić information content (AvgIpc) is 2.64. The van der Waals surface area contributed by atoms with E-state index in [1.54, 1.807) is 6.08 Å². The third kappa shape index (κ3) is 5.07. The first-order valence-electron chi connectivity index (χ1n) is 8.18. The van der Waals surface area contributed by atoms with Crippen molar-refractivity contribution >= 4 is 33.6 Å². The third-order valence-corrected chi connectivity index (χ3v) is 4.58. The molecule has 1 amide bonds. The molecule has 4 heteroatoms. The smallest absolute Gasteiger partial charge is 0.248 e. The first kappa shape index (κ1) is 18.0. The number of hydrogen-bond acceptors (Lipinski definition) is 2. The summed E-state index contributed by atoms with van der Waals surface area (Å²) in [5, 5.41) is 2.86. The molecular weight excluding hydrogens is 390 g/mol. The molecule has 0 bridgehead atoms. The van der Waals surface area contributed by atoms with Crippen molar-refractivity contribution in [2.75, 3.05) is 5.32 Å². The average molecular weight is 408 g/mol. The molecule has 0 aromatic heterocycles. The second-order valence-corrected chi connectivity index (χ2v) is 6.63. The lowest BCUT2D eigenvalue weighted by atomic mass is 10.2. The monoisotopic (exact) mass is 407 g/mol. The minimum atomic E-state index is -0.180. The van der Waals surface area contributed by atoms with E-state index in [4.69, 9.17) is 4.74 Å². The summed E-state index contributed by atoms with van der Waals surface area (Å²) in [4.78, 5) is 12.1. The van der Waals surface area contributed by atoms with Crippen LogP contribution in [0.5, 0.6) is 11.5 Å². The summed E-state index contributed by atoms with van der Waals surface area (Å²) in [6.45, 7) is 1.98. The summed E-state index contributed by atoms with van der Waals surface area (Å²) in [6.07, 6.45) is 3.28. The Morgan fingerprint density at radius 3 is 2.50 bits per heavy atom. The molecule has 1 N–H and O–H groups in total. The number of halogens is 1. The van der Waals surface area contributed by atoms with Crippen LogP contribution in [0.25, 0.3) is 6.08 Å². The molecule has 0 saturated carbocycles. The van der Waals surface area contributed by atoms with Crippen LogP contribution in [0.1, 0.15) is 11.1 Å². The molecule has 0 aliphatic carbocycles. The summed E-state index contributed by atoms with van der Waals surface area (Å²) in [7, 11) is 0. The molecule has 3 nitrogen and oxygen atoms in total. The quantitative estimate of drug-likeness (QED) is 0.511. The Labute approximate surface area is 161 Å². The van der Waals surface area contributed by atoms with Crippen LogP contribution >= 0.6 is 15.9 Å². The van der Waals surface area contributed by atoms with Crippen LogP contribution in [0.3, 0.4) is 0 Å². The zero-order valence-corrected chi connectivity index (χ0v) is 15.9. The van der Waals surface area contributed by atoms with Crippen molar-refractivity contribution in [2.45, 2.75) is 6.92 Å². The van der Waals surface area contributed by atoms with Crippen molar-refractivity contribution in [3.05, 3.63) is 94.5 Å². The molecule has 0 aliphatic rings. The number of carbonyl (C=O) groups excluding carboxylic acids is 1. The molecule has 0 saturated heterocycles. The number of amides is 1. The summed E-state index contributed by atoms with van der Waals surface area (Å²) in [5.74, 6) is 1.32. The number of benzene rings is 3. The topological polar surface area (TPSA) is 38.3 Å². The van der Waals surface area contributed by atoms with E-state index in [2.05, 4.69) is 21.2 Å². The van der Waals surface area contributed by atoms with Crippen molar-refractivity contribution in [1.82, 2.24) is 0 Å². The van der Waals surface area contributed by atoms with Crippen LogP contribution in [-0.2, 0) is 4.79 Å². The molecule has 26 heavy (non-hydrogen) atoms. The fourth-order valence-electron chi connectivity index (χ4n) is 2.38. The molecule has 0 aliphatic heterocycles. The predicted octanol–water partition coefficient (Wildman–Crippen LogP) is 6.20. The van der Waals surface area contributed by atoms with E-state index in [1.165, 1.54) is 6.08 Å². The minimum Gasteiger partial charge on any atom is -0.457 e. The number of carbonyl (C=O) groups is 1. The maximum Gasteiger partial charge on any atom is 0.248 e. The van der Waals surface area contributed by atoms with Gasteiger partial charge in [0.25, 0.3) is 0 Å². The summed E-state index contributed by atoms with van der Waals surface area (Å²) < 4.78 is 6.82. The predicted molar refractivity (Wildman–Crippen MR) is 110 cm³/mol. The largest absolute Gasteiger partial charge is 0.457 e. The van der Waals surface area contributed by atoms with Crippen molar-refractivity contribution in [3.8, 4) is 11.5 Å². The maximum atomic E-state index is 12.1. The Kier molecular flexibility index (Phi) is 5.87. The molecule has 0 spiro atoms. The number of nitrogens with one attached hydrogen (secondary N) is 1. The molecule has 0 unspecified atom stereocenters. The van der Waals surface area contributed by atoms with Gasteiger partial charge in [-0.2, -0.15) is 0 Å². The SMILES string of the molecule is Cc1cc(NC(=O)C=Cc2cccc(Oc3ccccc3)c2)ccc1Br. The summed E-state index contributed by atoms with van der Waals surface area (Å²) >= 11 is 3.45. The first-order chi connectivity index (χ1) is 12.6. The molecule has 3 aromatic rings. The Bertz CT molecular complexity index is 936. The highest BCUT2D eigenvalue weighted by Gasteiger charge is 2.01. The Morgan fingerprint density at radius 1 is 0.962 bits per heavy atom. The second-order valence-electron chi connectivity index (χ2n) is 5.77. The summed E-state index contributed by atoms with van der Waals surface area (Å²) in [5.41, 5.74) is 2.72. The van der Waals surface area contributed by atoms with Gasteiger partial charge in [0.2, 0.25) is 5.91 Å². The van der Waals surface area contributed by atoms with Crippen molar-refractivity contribution in [2.24, 2.45) is 0 Å². The molecule has 130 valence electrons. The van der Waals surface area contributed by atoms with Gasteiger partial charge in [-0.15, -0.1) is 0 Å². The molecule has 0 radical (unpaired) electrons. The summed E-state index contributed by atoms with van der Waals surface area (Å²) in [6, 6.07) is 22.9. The highest BCUT2D eigenvalue weighted by molar-refractivity contribution is 9.10. The van der Waals surface area contributed by atoms with Crippen LogP contribution < -0.4 is 10.1 Å². The molecular formula is C22H18BrNO2. The van der Waals surface area contributed by atoms with Gasteiger partial charge in [0.1, 0.15) is 11.5 Å². The van der Waals surface area contributed by atoms with Crippen LogP contribution in [0.4, 0.5) is 5.69 Å². The lowest BCUT2D eigenvalue weighted by Gasteiger charge is -2.06. The van der Waals surface area contributed by atoms with Gasteiger partial charge in [-0.25, -0.2) is 0 Å². The van der Waals surface area contributed by atoms with Gasteiger partial charge >= 0.3 is 0 Å². The lowest BCUT2D eigenvalue weighted by Crippen LogP contribution is -2.07. The number of para-hydroxylation sites is 1. The van der Waals surface area contributed by atoms with E-state index in [1.807, 2.05) is 79.7 Å².